The van der Waals surface area contributed by atoms with Crippen LogP contribution in [-0.4, -0.2) is 5.11 Å². The van der Waals surface area contributed by atoms with Gasteiger partial charge in [-0.05, 0) is 35.7 Å². The van der Waals surface area contributed by atoms with Gasteiger partial charge < -0.3 is 10.4 Å². The van der Waals surface area contributed by atoms with Crippen molar-refractivity contribution in [1.82, 2.24) is 5.32 Å². The molecule has 0 heterocycles. The highest BCUT2D eigenvalue weighted by molar-refractivity contribution is 9.10. The molecule has 2 aromatic carbocycles. The van der Waals surface area contributed by atoms with E-state index >= 15 is 0 Å². The maximum atomic E-state index is 9.14. The van der Waals surface area contributed by atoms with E-state index in [0.29, 0.717) is 0 Å². The summed E-state index contributed by atoms with van der Waals surface area (Å²) >= 11 is 9.66. The van der Waals surface area contributed by atoms with E-state index in [2.05, 4.69) is 28.2 Å². The average Bonchev–Trinajstić information content (AvgIpc) is 2.45. The largest absolute Gasteiger partial charge is 0.392 e. The van der Waals surface area contributed by atoms with Crippen molar-refractivity contribution in [2.24, 2.45) is 0 Å². The molecule has 0 aromatic heterocycles. The van der Waals surface area contributed by atoms with Crippen LogP contribution in [0.5, 0.6) is 0 Å². The van der Waals surface area contributed by atoms with E-state index in [1.54, 1.807) is 0 Å². The number of nitrogens with one attached hydrogen (secondary N) is 1. The van der Waals surface area contributed by atoms with Gasteiger partial charge in [-0.25, -0.2) is 0 Å². The lowest BCUT2D eigenvalue weighted by Gasteiger charge is -2.16. The third-order valence-electron chi connectivity index (χ3n) is 3.22. The smallest absolute Gasteiger partial charge is 0.0681 e. The van der Waals surface area contributed by atoms with Gasteiger partial charge in [0.1, 0.15) is 0 Å². The predicted molar refractivity (Wildman–Crippen MR) is 86.8 cm³/mol. The molecule has 2 rings (SSSR count). The Kier molecular flexibility index (Phi) is 5.61. The zero-order valence-corrected chi connectivity index (χ0v) is 13.6. The molecule has 0 aliphatic rings. The van der Waals surface area contributed by atoms with E-state index in [1.165, 1.54) is 0 Å². The van der Waals surface area contributed by atoms with E-state index in [0.717, 1.165) is 32.7 Å². The highest BCUT2D eigenvalue weighted by atomic mass is 79.9. The molecule has 2 nitrogen and oxygen atoms in total. The van der Waals surface area contributed by atoms with Gasteiger partial charge in [-0.1, -0.05) is 57.9 Å². The molecule has 20 heavy (non-hydrogen) atoms. The van der Waals surface area contributed by atoms with Gasteiger partial charge in [-0.3, -0.25) is 0 Å². The average molecular weight is 355 g/mol. The highest BCUT2D eigenvalue weighted by Crippen LogP contribution is 2.26. The summed E-state index contributed by atoms with van der Waals surface area (Å²) in [7, 11) is 0. The molecule has 1 unspecified atom stereocenters. The normalized spacial score (nSPS) is 12.4. The summed E-state index contributed by atoms with van der Waals surface area (Å²) < 4.78 is 0.981. The van der Waals surface area contributed by atoms with Crippen molar-refractivity contribution in [1.29, 1.82) is 0 Å². The van der Waals surface area contributed by atoms with E-state index in [1.807, 2.05) is 42.5 Å². The van der Waals surface area contributed by atoms with Crippen LogP contribution < -0.4 is 5.32 Å². The van der Waals surface area contributed by atoms with Gasteiger partial charge in [-0.15, -0.1) is 0 Å². The van der Waals surface area contributed by atoms with Gasteiger partial charge in [-0.2, -0.15) is 0 Å². The Morgan fingerprint density at radius 1 is 1.20 bits per heavy atom. The lowest BCUT2D eigenvalue weighted by atomic mass is 10.1. The second kappa shape index (κ2) is 7.23. The van der Waals surface area contributed by atoms with Crippen LogP contribution in [0.2, 0.25) is 5.02 Å². The fraction of sp³-hybridized carbons (Fsp3) is 0.250. The number of halogens is 2. The first-order chi connectivity index (χ1) is 9.60. The lowest BCUT2D eigenvalue weighted by molar-refractivity contribution is 0.281. The van der Waals surface area contributed by atoms with E-state index in [9.17, 15) is 0 Å². The van der Waals surface area contributed by atoms with Crippen molar-refractivity contribution in [3.8, 4) is 0 Å². The van der Waals surface area contributed by atoms with Gasteiger partial charge in [0.25, 0.3) is 0 Å². The number of hydrogen-bond donors (Lipinski definition) is 2. The van der Waals surface area contributed by atoms with Crippen molar-refractivity contribution < 1.29 is 5.11 Å². The second-order valence-corrected chi connectivity index (χ2v) is 6.07. The zero-order valence-electron chi connectivity index (χ0n) is 11.2. The number of aliphatic hydroxyl groups is 1. The zero-order chi connectivity index (χ0) is 14.5. The first-order valence-corrected chi connectivity index (χ1v) is 7.64. The minimum atomic E-state index is 0.0714. The first-order valence-electron chi connectivity index (χ1n) is 6.47. The Labute approximate surface area is 132 Å². The van der Waals surface area contributed by atoms with Crippen LogP contribution in [0.3, 0.4) is 0 Å². The topological polar surface area (TPSA) is 32.3 Å². The molecule has 2 N–H and O–H groups in total. The summed E-state index contributed by atoms with van der Waals surface area (Å²) in [6.45, 7) is 2.90. The van der Waals surface area contributed by atoms with Crippen molar-refractivity contribution in [3.63, 3.8) is 0 Å². The molecule has 1 atom stereocenters. The minimum Gasteiger partial charge on any atom is -0.392 e. The van der Waals surface area contributed by atoms with Gasteiger partial charge in [0, 0.05) is 22.1 Å². The Morgan fingerprint density at radius 2 is 1.95 bits per heavy atom. The number of benzene rings is 2. The van der Waals surface area contributed by atoms with Crippen molar-refractivity contribution in [3.05, 3.63) is 68.7 Å². The van der Waals surface area contributed by atoms with Gasteiger partial charge in [0.05, 0.1) is 6.61 Å². The molecule has 0 spiro atoms. The summed E-state index contributed by atoms with van der Waals surface area (Å²) in [5.74, 6) is 0. The predicted octanol–water partition coefficient (Wildman–Crippen LogP) is 4.45. The van der Waals surface area contributed by atoms with Crippen molar-refractivity contribution in [2.45, 2.75) is 26.1 Å². The number of hydrogen-bond acceptors (Lipinski definition) is 2. The van der Waals surface area contributed by atoms with Crippen molar-refractivity contribution >= 4 is 27.5 Å². The van der Waals surface area contributed by atoms with Crippen LogP contribution >= 0.6 is 27.5 Å². The molecule has 0 saturated carbocycles. The van der Waals surface area contributed by atoms with E-state index in [-0.39, 0.29) is 12.6 Å². The molecule has 4 heteroatoms. The lowest BCUT2D eigenvalue weighted by Crippen LogP contribution is -2.18. The Hall–Kier alpha value is -0.870. The van der Waals surface area contributed by atoms with Crippen LogP contribution in [0, 0.1) is 0 Å². The van der Waals surface area contributed by atoms with E-state index in [4.69, 9.17) is 16.7 Å². The molecule has 106 valence electrons. The Bertz CT molecular complexity index is 588. The van der Waals surface area contributed by atoms with Crippen molar-refractivity contribution in [2.75, 3.05) is 0 Å². The molecular formula is C16H17BrClNO. The summed E-state index contributed by atoms with van der Waals surface area (Å²) in [6, 6.07) is 14.0. The van der Waals surface area contributed by atoms with E-state index < -0.39 is 0 Å². The second-order valence-electron chi connectivity index (χ2n) is 4.75. The molecule has 0 radical (unpaired) electrons. The third kappa shape index (κ3) is 4.06. The quantitative estimate of drug-likeness (QED) is 0.831. The molecule has 2 aromatic rings. The van der Waals surface area contributed by atoms with Gasteiger partial charge in [0.15, 0.2) is 0 Å². The minimum absolute atomic E-state index is 0.0714. The van der Waals surface area contributed by atoms with Gasteiger partial charge >= 0.3 is 0 Å². The number of rotatable bonds is 5. The van der Waals surface area contributed by atoms with Crippen LogP contribution in [0.4, 0.5) is 0 Å². The maximum Gasteiger partial charge on any atom is 0.0681 e. The molecule has 0 aliphatic carbocycles. The first kappa shape index (κ1) is 15.5. The SMILES string of the molecule is CC(NCc1cccc(CO)c1)c1ccc(Br)cc1Cl. The van der Waals surface area contributed by atoms with Gasteiger partial charge in [0.2, 0.25) is 0 Å². The monoisotopic (exact) mass is 353 g/mol. The summed E-state index contributed by atoms with van der Waals surface area (Å²) in [6.07, 6.45) is 0. The van der Waals surface area contributed by atoms with Crippen LogP contribution in [0.1, 0.15) is 29.7 Å². The molecule has 0 amide bonds. The number of aliphatic hydroxyl groups excluding tert-OH is 1. The van der Waals surface area contributed by atoms with Crippen LogP contribution in [0.25, 0.3) is 0 Å². The van der Waals surface area contributed by atoms with Crippen LogP contribution in [0.15, 0.2) is 46.9 Å². The fourth-order valence-corrected chi connectivity index (χ4v) is 2.91. The third-order valence-corrected chi connectivity index (χ3v) is 4.04. The molecular weight excluding hydrogens is 338 g/mol. The fourth-order valence-electron chi connectivity index (χ4n) is 2.07. The molecule has 0 fully saturated rings. The standard InChI is InChI=1S/C16H17BrClNO/c1-11(15-6-5-14(17)8-16(15)18)19-9-12-3-2-4-13(7-12)10-20/h2-8,11,19-20H,9-10H2,1H3. The molecule has 0 aliphatic heterocycles. The van der Waals surface area contributed by atoms with Crippen LogP contribution in [-0.2, 0) is 13.2 Å². The Morgan fingerprint density at radius 3 is 2.65 bits per heavy atom. The maximum absolute atomic E-state index is 9.14. The Balaban J connectivity index is 2.02. The summed E-state index contributed by atoms with van der Waals surface area (Å²) in [4.78, 5) is 0. The highest BCUT2D eigenvalue weighted by Gasteiger charge is 2.09. The summed E-state index contributed by atoms with van der Waals surface area (Å²) in [5, 5.41) is 13.3. The molecule has 0 bridgehead atoms. The summed E-state index contributed by atoms with van der Waals surface area (Å²) in [5.41, 5.74) is 3.16. The molecule has 0 saturated heterocycles.